The van der Waals surface area contributed by atoms with Gasteiger partial charge in [-0.15, -0.1) is 0 Å². The van der Waals surface area contributed by atoms with Gasteiger partial charge in [0.15, 0.2) is 12.4 Å². The summed E-state index contributed by atoms with van der Waals surface area (Å²) in [6.07, 6.45) is 0.555. The van der Waals surface area contributed by atoms with Crippen molar-refractivity contribution in [2.45, 2.75) is 0 Å². The molecule has 0 atom stereocenters. The molecular formula is C16H11F5O6S. The fraction of sp³-hybridized carbons (Fsp3) is 0.0625. The summed E-state index contributed by atoms with van der Waals surface area (Å²) >= 11 is 0. The molecule has 0 spiro atoms. The van der Waals surface area contributed by atoms with E-state index in [0.29, 0.717) is 17.9 Å². The highest BCUT2D eigenvalue weighted by molar-refractivity contribution is 8.42. The Morgan fingerprint density at radius 3 is 2.11 bits per heavy atom. The smallest absolute Gasteiger partial charge is 0.435 e. The first-order chi connectivity index (χ1) is 12.8. The Kier molecular flexibility index (Phi) is 5.12. The van der Waals surface area contributed by atoms with Crippen LogP contribution in [0.15, 0.2) is 48.5 Å². The Labute approximate surface area is 154 Å². The van der Waals surface area contributed by atoms with Gasteiger partial charge in [-0.05, 0) is 36.4 Å². The van der Waals surface area contributed by atoms with Crippen LogP contribution in [-0.2, 0) is 9.53 Å². The van der Waals surface area contributed by atoms with Crippen LogP contribution in [0.25, 0.3) is 0 Å². The molecule has 0 radical (unpaired) electrons. The third-order valence-corrected chi connectivity index (χ3v) is 3.42. The van der Waals surface area contributed by atoms with Crippen molar-refractivity contribution in [1.29, 1.82) is 0 Å². The van der Waals surface area contributed by atoms with Crippen molar-refractivity contribution in [1.82, 2.24) is 0 Å². The van der Waals surface area contributed by atoms with Crippen molar-refractivity contribution in [2.75, 3.05) is 6.61 Å². The number of esters is 2. The summed E-state index contributed by atoms with van der Waals surface area (Å²) in [7, 11) is -10.3. The zero-order chi connectivity index (χ0) is 21.1. The first-order valence-corrected chi connectivity index (χ1v) is 9.10. The molecule has 2 aromatic carbocycles. The number of halogens is 5. The van der Waals surface area contributed by atoms with E-state index in [1.807, 2.05) is 0 Å². The van der Waals surface area contributed by atoms with Crippen molar-refractivity contribution >= 4 is 28.7 Å². The van der Waals surface area contributed by atoms with E-state index >= 15 is 0 Å². The van der Waals surface area contributed by atoms with Crippen molar-refractivity contribution < 1.29 is 47.5 Å². The molecule has 0 saturated heterocycles. The Bertz CT molecular complexity index is 912. The van der Waals surface area contributed by atoms with Crippen molar-refractivity contribution in [2.24, 2.45) is 0 Å². The molecule has 0 aliphatic heterocycles. The molecule has 28 heavy (non-hydrogen) atoms. The molecule has 0 unspecified atom stereocenters. The zero-order valence-corrected chi connectivity index (χ0v) is 14.5. The standard InChI is InChI=1S/C16H11F5O6S/c17-28(18,19,20,21)27-14-4-2-1-3-13(14)16(24)25-10-15(23)26-12-7-5-11(9-22)6-8-12/h1-9H,10H2. The molecule has 0 aromatic heterocycles. The quantitative estimate of drug-likeness (QED) is 0.273. The SMILES string of the molecule is O=Cc1ccc(OC(=O)COC(=O)c2ccccc2OS(F)(F)(F)(F)F)cc1. The normalized spacial score (nSPS) is 13.6. The molecule has 0 aliphatic rings. The molecule has 2 rings (SSSR count). The predicted molar refractivity (Wildman–Crippen MR) is 87.9 cm³/mol. The summed E-state index contributed by atoms with van der Waals surface area (Å²) in [6, 6.07) is 8.52. The van der Waals surface area contributed by atoms with Crippen LogP contribution >= 0.6 is 10.5 Å². The maximum Gasteiger partial charge on any atom is 0.435 e. The van der Waals surface area contributed by atoms with Crippen LogP contribution in [0.3, 0.4) is 0 Å². The first-order valence-electron chi connectivity index (χ1n) is 7.23. The molecule has 6 nitrogen and oxygen atoms in total. The van der Waals surface area contributed by atoms with Crippen LogP contribution in [0, 0.1) is 0 Å². The third-order valence-electron chi connectivity index (χ3n) is 2.92. The van der Waals surface area contributed by atoms with Crippen LogP contribution in [0.1, 0.15) is 20.7 Å². The van der Waals surface area contributed by atoms with Gasteiger partial charge in [0.05, 0.1) is 0 Å². The molecule has 0 aliphatic carbocycles. The molecule has 0 bridgehead atoms. The van der Waals surface area contributed by atoms with Gasteiger partial charge in [-0.3, -0.25) is 4.79 Å². The molecule has 0 heterocycles. The molecule has 2 aromatic rings. The Hall–Kier alpha value is -3.15. The van der Waals surface area contributed by atoms with Gasteiger partial charge in [-0.25, -0.2) is 9.59 Å². The van der Waals surface area contributed by atoms with Crippen molar-refractivity contribution in [3.05, 3.63) is 59.7 Å². The molecule has 0 amide bonds. The molecule has 0 N–H and O–H groups in total. The lowest BCUT2D eigenvalue weighted by Gasteiger charge is -2.39. The average molecular weight is 426 g/mol. The van der Waals surface area contributed by atoms with E-state index in [-0.39, 0.29) is 5.75 Å². The van der Waals surface area contributed by atoms with Crippen LogP contribution in [0.2, 0.25) is 0 Å². The highest BCUT2D eigenvalue weighted by Gasteiger charge is 2.67. The minimum atomic E-state index is -10.3. The van der Waals surface area contributed by atoms with Crippen LogP contribution in [0.4, 0.5) is 19.4 Å². The van der Waals surface area contributed by atoms with Gasteiger partial charge in [-0.2, -0.15) is 0 Å². The lowest BCUT2D eigenvalue weighted by Crippen LogP contribution is -2.20. The van der Waals surface area contributed by atoms with E-state index in [1.54, 1.807) is 0 Å². The van der Waals surface area contributed by atoms with Crippen LogP contribution in [0.5, 0.6) is 11.5 Å². The predicted octanol–water partition coefficient (Wildman–Crippen LogP) is 4.85. The van der Waals surface area contributed by atoms with E-state index in [0.717, 1.165) is 18.2 Å². The minimum Gasteiger partial charge on any atom is -0.450 e. The van der Waals surface area contributed by atoms with Gasteiger partial charge in [0.1, 0.15) is 17.6 Å². The van der Waals surface area contributed by atoms with E-state index in [2.05, 4.69) is 8.92 Å². The number of hydrogen-bond donors (Lipinski definition) is 0. The number of rotatable bonds is 7. The number of carbonyl (C=O) groups is 3. The van der Waals surface area contributed by atoms with E-state index in [9.17, 15) is 33.8 Å². The number of para-hydroxylation sites is 1. The average Bonchev–Trinajstić information content (AvgIpc) is 2.58. The van der Waals surface area contributed by atoms with Gasteiger partial charge in [-0.1, -0.05) is 31.6 Å². The fourth-order valence-electron chi connectivity index (χ4n) is 1.86. The number of aldehydes is 1. The van der Waals surface area contributed by atoms with Crippen molar-refractivity contribution in [3.63, 3.8) is 0 Å². The fourth-order valence-corrected chi connectivity index (χ4v) is 2.34. The second kappa shape index (κ2) is 6.78. The van der Waals surface area contributed by atoms with E-state index < -0.39 is 40.4 Å². The Balaban J connectivity index is 2.03. The monoisotopic (exact) mass is 426 g/mol. The van der Waals surface area contributed by atoms with Crippen molar-refractivity contribution in [3.8, 4) is 11.5 Å². The summed E-state index contributed by atoms with van der Waals surface area (Å²) in [5, 5.41) is 0. The summed E-state index contributed by atoms with van der Waals surface area (Å²) < 4.78 is 74.6. The Morgan fingerprint density at radius 2 is 1.54 bits per heavy atom. The van der Waals surface area contributed by atoms with Gasteiger partial charge in [0.2, 0.25) is 0 Å². The zero-order valence-electron chi connectivity index (χ0n) is 13.7. The van der Waals surface area contributed by atoms with Gasteiger partial charge in [0, 0.05) is 5.56 Å². The van der Waals surface area contributed by atoms with Gasteiger partial charge >= 0.3 is 22.4 Å². The lowest BCUT2D eigenvalue weighted by molar-refractivity contribution is -0.137. The maximum absolute atomic E-state index is 12.5. The third kappa shape index (κ3) is 6.87. The molecular weight excluding hydrogens is 415 g/mol. The number of ether oxygens (including phenoxy) is 2. The molecule has 12 heteroatoms. The second-order valence-corrected chi connectivity index (χ2v) is 7.18. The van der Waals surface area contributed by atoms with E-state index in [1.165, 1.54) is 24.3 Å². The molecule has 0 fully saturated rings. The summed E-state index contributed by atoms with van der Waals surface area (Å²) in [6.45, 7) is -1.01. The number of carbonyl (C=O) groups excluding carboxylic acids is 3. The number of benzene rings is 2. The van der Waals surface area contributed by atoms with Gasteiger partial charge in [0.25, 0.3) is 0 Å². The summed E-state index contributed by atoms with van der Waals surface area (Å²) in [5.41, 5.74) is -0.648. The van der Waals surface area contributed by atoms with E-state index in [4.69, 9.17) is 4.74 Å². The minimum absolute atomic E-state index is 0.0105. The Morgan fingerprint density at radius 1 is 0.929 bits per heavy atom. The topological polar surface area (TPSA) is 78.9 Å². The molecule has 0 saturated carbocycles. The van der Waals surface area contributed by atoms with Crippen LogP contribution < -0.4 is 8.92 Å². The van der Waals surface area contributed by atoms with Crippen LogP contribution in [-0.4, -0.2) is 24.8 Å². The highest BCUT2D eigenvalue weighted by atomic mass is 32.5. The number of hydrogen-bond acceptors (Lipinski definition) is 6. The largest absolute Gasteiger partial charge is 0.450 e. The summed E-state index contributed by atoms with van der Waals surface area (Å²) in [5.74, 6) is -4.06. The lowest BCUT2D eigenvalue weighted by atomic mass is 10.2. The molecule has 152 valence electrons. The summed E-state index contributed by atoms with van der Waals surface area (Å²) in [4.78, 5) is 34.0. The highest BCUT2D eigenvalue weighted by Crippen LogP contribution is 2.97. The van der Waals surface area contributed by atoms with Gasteiger partial charge < -0.3 is 13.7 Å². The maximum atomic E-state index is 12.5. The first kappa shape index (κ1) is 21.2. The second-order valence-electron chi connectivity index (χ2n) is 5.21.